The van der Waals surface area contributed by atoms with E-state index in [0.29, 0.717) is 6.42 Å². The summed E-state index contributed by atoms with van der Waals surface area (Å²) in [6.07, 6.45) is 1.57. The molecule has 82 valence electrons. The molecular weight excluding hydrogens is 186 g/mol. The summed E-state index contributed by atoms with van der Waals surface area (Å²) in [4.78, 5) is 10.7. The maximum atomic E-state index is 10.7. The maximum absolute atomic E-state index is 10.7. The number of hydrogen-bond donors (Lipinski definition) is 1. The number of ketones is 1. The first-order chi connectivity index (χ1) is 7.11. The van der Waals surface area contributed by atoms with Crippen molar-refractivity contribution < 1.29 is 4.79 Å². The molecule has 0 aliphatic heterocycles. The Bertz CT molecular complexity index is 344. The quantitative estimate of drug-likeness (QED) is 0.748. The standard InChI is InChI=1S/C13H19NO/c1-10-6-4-8-13(12(10)3)14-9-5-7-11(2)15/h4,6,8,14H,5,7,9H2,1-3H3. The van der Waals surface area contributed by atoms with Crippen LogP contribution < -0.4 is 5.32 Å². The van der Waals surface area contributed by atoms with Crippen LogP contribution in [0.3, 0.4) is 0 Å². The Morgan fingerprint density at radius 3 is 2.73 bits per heavy atom. The smallest absolute Gasteiger partial charge is 0.129 e. The van der Waals surface area contributed by atoms with Crippen LogP contribution >= 0.6 is 0 Å². The van der Waals surface area contributed by atoms with E-state index in [4.69, 9.17) is 0 Å². The van der Waals surface area contributed by atoms with Crippen LogP contribution in [0.1, 0.15) is 30.9 Å². The molecule has 0 bridgehead atoms. The summed E-state index contributed by atoms with van der Waals surface area (Å²) >= 11 is 0. The number of Topliss-reactive ketones (excluding diaryl/α,β-unsaturated/α-hetero) is 1. The van der Waals surface area contributed by atoms with Gasteiger partial charge in [0.05, 0.1) is 0 Å². The molecule has 0 radical (unpaired) electrons. The van der Waals surface area contributed by atoms with Crippen molar-refractivity contribution in [1.82, 2.24) is 0 Å². The van der Waals surface area contributed by atoms with Crippen LogP contribution in [0.5, 0.6) is 0 Å². The average Bonchev–Trinajstić information content (AvgIpc) is 2.18. The van der Waals surface area contributed by atoms with Gasteiger partial charge >= 0.3 is 0 Å². The van der Waals surface area contributed by atoms with Crippen molar-refractivity contribution in [3.05, 3.63) is 29.3 Å². The van der Waals surface area contributed by atoms with Crippen molar-refractivity contribution in [2.24, 2.45) is 0 Å². The van der Waals surface area contributed by atoms with Gasteiger partial charge in [-0.1, -0.05) is 12.1 Å². The second-order valence-corrected chi connectivity index (χ2v) is 3.98. The normalized spacial score (nSPS) is 10.1. The molecule has 1 N–H and O–H groups in total. The van der Waals surface area contributed by atoms with Gasteiger partial charge in [0.25, 0.3) is 0 Å². The van der Waals surface area contributed by atoms with Gasteiger partial charge in [0.2, 0.25) is 0 Å². The largest absolute Gasteiger partial charge is 0.385 e. The molecule has 0 spiro atoms. The summed E-state index contributed by atoms with van der Waals surface area (Å²) in [6, 6.07) is 6.24. The van der Waals surface area contributed by atoms with E-state index >= 15 is 0 Å². The third-order valence-corrected chi connectivity index (χ3v) is 2.63. The van der Waals surface area contributed by atoms with Crippen LogP contribution in [-0.4, -0.2) is 12.3 Å². The maximum Gasteiger partial charge on any atom is 0.129 e. The van der Waals surface area contributed by atoms with Crippen LogP contribution in [-0.2, 0) is 4.79 Å². The minimum Gasteiger partial charge on any atom is -0.385 e. The average molecular weight is 205 g/mol. The Labute approximate surface area is 91.7 Å². The summed E-state index contributed by atoms with van der Waals surface area (Å²) < 4.78 is 0. The van der Waals surface area contributed by atoms with Crippen molar-refractivity contribution in [2.45, 2.75) is 33.6 Å². The van der Waals surface area contributed by atoms with Crippen LogP contribution in [0.25, 0.3) is 0 Å². The molecule has 15 heavy (non-hydrogen) atoms. The van der Waals surface area contributed by atoms with Crippen molar-refractivity contribution in [3.63, 3.8) is 0 Å². The Morgan fingerprint density at radius 1 is 1.33 bits per heavy atom. The molecule has 0 saturated carbocycles. The molecule has 0 aliphatic rings. The van der Waals surface area contributed by atoms with E-state index in [-0.39, 0.29) is 5.78 Å². The number of hydrogen-bond acceptors (Lipinski definition) is 2. The molecule has 0 fully saturated rings. The zero-order valence-electron chi connectivity index (χ0n) is 9.76. The highest BCUT2D eigenvalue weighted by Crippen LogP contribution is 2.17. The highest BCUT2D eigenvalue weighted by atomic mass is 16.1. The summed E-state index contributed by atoms with van der Waals surface area (Å²) in [7, 11) is 0. The monoisotopic (exact) mass is 205 g/mol. The fourth-order valence-corrected chi connectivity index (χ4v) is 1.50. The van der Waals surface area contributed by atoms with E-state index in [1.165, 1.54) is 16.8 Å². The van der Waals surface area contributed by atoms with Crippen LogP contribution in [0, 0.1) is 13.8 Å². The molecule has 0 atom stereocenters. The van der Waals surface area contributed by atoms with Gasteiger partial charge < -0.3 is 10.1 Å². The summed E-state index contributed by atoms with van der Waals surface area (Å²) in [5.41, 5.74) is 3.77. The Balaban J connectivity index is 2.44. The highest BCUT2D eigenvalue weighted by Gasteiger charge is 1.99. The Morgan fingerprint density at radius 2 is 2.07 bits per heavy atom. The molecule has 0 aromatic heterocycles. The van der Waals surface area contributed by atoms with E-state index in [9.17, 15) is 4.79 Å². The van der Waals surface area contributed by atoms with Gasteiger partial charge in [-0.3, -0.25) is 0 Å². The number of benzene rings is 1. The molecule has 1 aromatic rings. The minimum absolute atomic E-state index is 0.262. The van der Waals surface area contributed by atoms with E-state index in [1.54, 1.807) is 6.92 Å². The van der Waals surface area contributed by atoms with Crippen molar-refractivity contribution in [3.8, 4) is 0 Å². The summed E-state index contributed by atoms with van der Waals surface area (Å²) in [5.74, 6) is 0.262. The molecule has 0 amide bonds. The first-order valence-corrected chi connectivity index (χ1v) is 5.41. The van der Waals surface area contributed by atoms with E-state index < -0.39 is 0 Å². The summed E-state index contributed by atoms with van der Waals surface area (Å²) in [6.45, 7) is 6.72. The molecule has 2 heteroatoms. The van der Waals surface area contributed by atoms with Gasteiger partial charge in [-0.05, 0) is 44.4 Å². The lowest BCUT2D eigenvalue weighted by Gasteiger charge is -2.10. The third-order valence-electron chi connectivity index (χ3n) is 2.63. The molecule has 0 aliphatic carbocycles. The molecule has 0 heterocycles. The molecule has 1 aromatic carbocycles. The van der Waals surface area contributed by atoms with Crippen molar-refractivity contribution in [1.29, 1.82) is 0 Å². The SMILES string of the molecule is CC(=O)CCCNc1cccc(C)c1C. The fraction of sp³-hybridized carbons (Fsp3) is 0.462. The topological polar surface area (TPSA) is 29.1 Å². The Kier molecular flexibility index (Phi) is 4.35. The molecule has 1 rings (SSSR count). The number of anilines is 1. The lowest BCUT2D eigenvalue weighted by molar-refractivity contribution is -0.117. The van der Waals surface area contributed by atoms with Gasteiger partial charge in [-0.15, -0.1) is 0 Å². The number of carbonyl (C=O) groups is 1. The van der Waals surface area contributed by atoms with E-state index in [0.717, 1.165) is 13.0 Å². The Hall–Kier alpha value is -1.31. The molecule has 0 unspecified atom stereocenters. The van der Waals surface area contributed by atoms with Gasteiger partial charge in [0.15, 0.2) is 0 Å². The second-order valence-electron chi connectivity index (χ2n) is 3.98. The predicted molar refractivity (Wildman–Crippen MR) is 64.3 cm³/mol. The predicted octanol–water partition coefficient (Wildman–Crippen LogP) is 3.08. The summed E-state index contributed by atoms with van der Waals surface area (Å²) in [5, 5.41) is 3.36. The molecule has 0 saturated heterocycles. The van der Waals surface area contributed by atoms with Gasteiger partial charge in [-0.25, -0.2) is 0 Å². The second kappa shape index (κ2) is 5.54. The van der Waals surface area contributed by atoms with E-state index in [2.05, 4.69) is 37.4 Å². The molecule has 2 nitrogen and oxygen atoms in total. The van der Waals surface area contributed by atoms with Crippen molar-refractivity contribution in [2.75, 3.05) is 11.9 Å². The van der Waals surface area contributed by atoms with E-state index in [1.807, 2.05) is 0 Å². The zero-order valence-corrected chi connectivity index (χ0v) is 9.76. The third kappa shape index (κ3) is 3.74. The van der Waals surface area contributed by atoms with Crippen LogP contribution in [0.4, 0.5) is 5.69 Å². The zero-order chi connectivity index (χ0) is 11.3. The number of nitrogens with one attached hydrogen (secondary N) is 1. The molecular formula is C13H19NO. The van der Waals surface area contributed by atoms with Gasteiger partial charge in [-0.2, -0.15) is 0 Å². The first-order valence-electron chi connectivity index (χ1n) is 5.41. The van der Waals surface area contributed by atoms with Crippen LogP contribution in [0.15, 0.2) is 18.2 Å². The number of aryl methyl sites for hydroxylation is 1. The van der Waals surface area contributed by atoms with Gasteiger partial charge in [0, 0.05) is 18.7 Å². The lowest BCUT2D eigenvalue weighted by atomic mass is 10.1. The fourth-order valence-electron chi connectivity index (χ4n) is 1.50. The lowest BCUT2D eigenvalue weighted by Crippen LogP contribution is -2.05. The minimum atomic E-state index is 0.262. The first kappa shape index (κ1) is 11.8. The number of rotatable bonds is 5. The van der Waals surface area contributed by atoms with Crippen molar-refractivity contribution >= 4 is 11.5 Å². The highest BCUT2D eigenvalue weighted by molar-refractivity contribution is 5.75. The van der Waals surface area contributed by atoms with Gasteiger partial charge in [0.1, 0.15) is 5.78 Å². The van der Waals surface area contributed by atoms with Crippen LogP contribution in [0.2, 0.25) is 0 Å². The number of carbonyl (C=O) groups excluding carboxylic acids is 1.